The van der Waals surface area contributed by atoms with Crippen LogP contribution in [0.1, 0.15) is 22.8 Å². The summed E-state index contributed by atoms with van der Waals surface area (Å²) in [5.41, 5.74) is 2.48. The Bertz CT molecular complexity index is 1170. The van der Waals surface area contributed by atoms with Gasteiger partial charge >= 0.3 is 0 Å². The van der Waals surface area contributed by atoms with Gasteiger partial charge in [0, 0.05) is 23.9 Å². The summed E-state index contributed by atoms with van der Waals surface area (Å²) in [6.07, 6.45) is 0. The summed E-state index contributed by atoms with van der Waals surface area (Å²) in [7, 11) is -3.77. The molecular formula is C22H21N3O4S. The summed E-state index contributed by atoms with van der Waals surface area (Å²) in [6, 6.07) is 19.5. The van der Waals surface area contributed by atoms with Gasteiger partial charge in [0.2, 0.25) is 5.91 Å². The average Bonchev–Trinajstić information content (AvgIpc) is 2.71. The maximum absolute atomic E-state index is 12.6. The molecule has 3 aromatic rings. The minimum Gasteiger partial charge on any atom is -0.326 e. The summed E-state index contributed by atoms with van der Waals surface area (Å²) in [5, 5.41) is 5.40. The molecule has 0 atom stereocenters. The van der Waals surface area contributed by atoms with E-state index in [9.17, 15) is 18.0 Å². The van der Waals surface area contributed by atoms with Crippen molar-refractivity contribution in [1.82, 2.24) is 0 Å². The molecule has 0 spiro atoms. The van der Waals surface area contributed by atoms with Crippen LogP contribution in [0.15, 0.2) is 77.7 Å². The zero-order valence-electron chi connectivity index (χ0n) is 16.5. The van der Waals surface area contributed by atoms with Crippen LogP contribution in [0.3, 0.4) is 0 Å². The van der Waals surface area contributed by atoms with Crippen molar-refractivity contribution >= 4 is 38.9 Å². The highest BCUT2D eigenvalue weighted by molar-refractivity contribution is 7.92. The van der Waals surface area contributed by atoms with Gasteiger partial charge in [0.05, 0.1) is 10.6 Å². The van der Waals surface area contributed by atoms with Gasteiger partial charge < -0.3 is 10.6 Å². The van der Waals surface area contributed by atoms with Crippen LogP contribution in [0.5, 0.6) is 0 Å². The molecule has 7 nitrogen and oxygen atoms in total. The van der Waals surface area contributed by atoms with Crippen molar-refractivity contribution in [3.05, 3.63) is 83.9 Å². The summed E-state index contributed by atoms with van der Waals surface area (Å²) < 4.78 is 27.7. The van der Waals surface area contributed by atoms with E-state index in [2.05, 4.69) is 15.4 Å². The van der Waals surface area contributed by atoms with Gasteiger partial charge in [-0.3, -0.25) is 14.3 Å². The molecule has 0 aromatic heterocycles. The van der Waals surface area contributed by atoms with Crippen LogP contribution in [0, 0.1) is 6.92 Å². The highest BCUT2D eigenvalue weighted by atomic mass is 32.2. The average molecular weight is 423 g/mol. The first-order valence-corrected chi connectivity index (χ1v) is 10.6. The quantitative estimate of drug-likeness (QED) is 0.557. The van der Waals surface area contributed by atoms with Gasteiger partial charge in [0.1, 0.15) is 0 Å². The molecule has 0 aliphatic rings. The van der Waals surface area contributed by atoms with E-state index in [0.717, 1.165) is 0 Å². The number of sulfonamides is 1. The molecular weight excluding hydrogens is 402 g/mol. The lowest BCUT2D eigenvalue weighted by Crippen LogP contribution is -2.16. The van der Waals surface area contributed by atoms with E-state index in [4.69, 9.17) is 0 Å². The Kier molecular flexibility index (Phi) is 6.17. The van der Waals surface area contributed by atoms with Gasteiger partial charge in [-0.1, -0.05) is 24.3 Å². The summed E-state index contributed by atoms with van der Waals surface area (Å²) in [5.74, 6) is -0.570. The van der Waals surface area contributed by atoms with Crippen molar-refractivity contribution in [2.24, 2.45) is 0 Å². The summed E-state index contributed by atoms with van der Waals surface area (Å²) in [6.45, 7) is 3.17. The molecule has 8 heteroatoms. The summed E-state index contributed by atoms with van der Waals surface area (Å²) in [4.78, 5) is 23.8. The monoisotopic (exact) mass is 423 g/mol. The number of amides is 2. The summed E-state index contributed by atoms with van der Waals surface area (Å²) >= 11 is 0. The van der Waals surface area contributed by atoms with Crippen LogP contribution in [-0.4, -0.2) is 20.2 Å². The highest BCUT2D eigenvalue weighted by Gasteiger charge is 2.16. The van der Waals surface area contributed by atoms with E-state index in [1.54, 1.807) is 61.5 Å². The molecule has 0 aliphatic carbocycles. The van der Waals surface area contributed by atoms with Crippen molar-refractivity contribution < 1.29 is 18.0 Å². The predicted octanol–water partition coefficient (Wildman–Crippen LogP) is 4.01. The number of carbonyl (C=O) groups excluding carboxylic acids is 2. The smallest absolute Gasteiger partial charge is 0.261 e. The molecule has 30 heavy (non-hydrogen) atoms. The van der Waals surface area contributed by atoms with Crippen LogP contribution >= 0.6 is 0 Å². The number of rotatable bonds is 6. The zero-order chi connectivity index (χ0) is 21.7. The first-order valence-electron chi connectivity index (χ1n) is 9.12. The number of carbonyl (C=O) groups is 2. The Morgan fingerprint density at radius 2 is 1.40 bits per heavy atom. The minimum atomic E-state index is -3.77. The lowest BCUT2D eigenvalue weighted by atomic mass is 10.1. The van der Waals surface area contributed by atoms with E-state index in [0.29, 0.717) is 28.2 Å². The maximum Gasteiger partial charge on any atom is 0.261 e. The molecule has 2 amide bonds. The Morgan fingerprint density at radius 1 is 0.800 bits per heavy atom. The molecule has 3 aromatic carbocycles. The Morgan fingerprint density at radius 3 is 2.00 bits per heavy atom. The number of benzene rings is 3. The molecule has 3 N–H and O–H groups in total. The first-order chi connectivity index (χ1) is 14.2. The van der Waals surface area contributed by atoms with Crippen molar-refractivity contribution in [2.45, 2.75) is 18.7 Å². The molecule has 0 saturated heterocycles. The van der Waals surface area contributed by atoms with Gasteiger partial charge in [-0.05, 0) is 61.0 Å². The third-order valence-corrected chi connectivity index (χ3v) is 5.64. The van der Waals surface area contributed by atoms with Crippen molar-refractivity contribution in [2.75, 3.05) is 15.4 Å². The topological polar surface area (TPSA) is 104 Å². The lowest BCUT2D eigenvalue weighted by Gasteiger charge is -2.13. The van der Waals surface area contributed by atoms with Gasteiger partial charge in [-0.2, -0.15) is 0 Å². The molecule has 3 rings (SSSR count). The van der Waals surface area contributed by atoms with Gasteiger partial charge in [-0.25, -0.2) is 8.42 Å². The number of nitrogens with one attached hydrogen (secondary N) is 3. The Balaban J connectivity index is 1.77. The van der Waals surface area contributed by atoms with Crippen molar-refractivity contribution in [3.63, 3.8) is 0 Å². The fourth-order valence-electron chi connectivity index (χ4n) is 2.72. The first kappa shape index (κ1) is 21.1. The van der Waals surface area contributed by atoms with E-state index in [1.165, 1.54) is 25.1 Å². The minimum absolute atomic E-state index is 0.138. The molecule has 0 heterocycles. The largest absolute Gasteiger partial charge is 0.326 e. The molecule has 0 radical (unpaired) electrons. The third kappa shape index (κ3) is 5.24. The van der Waals surface area contributed by atoms with E-state index >= 15 is 0 Å². The molecule has 0 unspecified atom stereocenters. The highest BCUT2D eigenvalue weighted by Crippen LogP contribution is 2.22. The second-order valence-corrected chi connectivity index (χ2v) is 8.34. The number of anilines is 3. The maximum atomic E-state index is 12.6. The van der Waals surface area contributed by atoms with Crippen LogP contribution in [0.4, 0.5) is 17.1 Å². The zero-order valence-corrected chi connectivity index (χ0v) is 17.3. The lowest BCUT2D eigenvalue weighted by molar-refractivity contribution is -0.114. The molecule has 0 saturated carbocycles. The van der Waals surface area contributed by atoms with Crippen molar-refractivity contribution in [3.8, 4) is 0 Å². The van der Waals surface area contributed by atoms with E-state index in [-0.39, 0.29) is 16.7 Å². The molecule has 0 fully saturated rings. The number of hydrogen-bond acceptors (Lipinski definition) is 4. The van der Waals surface area contributed by atoms with Gasteiger partial charge in [-0.15, -0.1) is 0 Å². The third-order valence-electron chi connectivity index (χ3n) is 4.26. The molecule has 154 valence electrons. The Hall–Kier alpha value is -3.65. The van der Waals surface area contributed by atoms with Crippen LogP contribution < -0.4 is 15.4 Å². The second-order valence-electron chi connectivity index (χ2n) is 6.66. The SMILES string of the molecule is CC(=O)Nc1ccc(NC(=O)c2ccc(C)c(NS(=O)(=O)c3ccccc3)c2)cc1. The second kappa shape index (κ2) is 8.79. The van der Waals surface area contributed by atoms with Crippen LogP contribution in [-0.2, 0) is 14.8 Å². The molecule has 0 bridgehead atoms. The van der Waals surface area contributed by atoms with Crippen LogP contribution in [0.2, 0.25) is 0 Å². The predicted molar refractivity (Wildman–Crippen MR) is 117 cm³/mol. The van der Waals surface area contributed by atoms with E-state index in [1.807, 2.05) is 0 Å². The fourth-order valence-corrected chi connectivity index (χ4v) is 3.86. The van der Waals surface area contributed by atoms with Crippen molar-refractivity contribution in [1.29, 1.82) is 0 Å². The van der Waals surface area contributed by atoms with Gasteiger partial charge in [0.15, 0.2) is 0 Å². The standard InChI is InChI=1S/C22H21N3O4S/c1-15-8-9-17(14-21(15)25-30(28,29)20-6-4-3-5-7-20)22(27)24-19-12-10-18(11-13-19)23-16(2)26/h3-14,25H,1-2H3,(H,23,26)(H,24,27). The molecule has 0 aliphatic heterocycles. The van der Waals surface area contributed by atoms with Crippen LogP contribution in [0.25, 0.3) is 0 Å². The van der Waals surface area contributed by atoms with Gasteiger partial charge in [0.25, 0.3) is 15.9 Å². The Labute approximate surface area is 175 Å². The number of hydrogen-bond donors (Lipinski definition) is 3. The fraction of sp³-hybridized carbons (Fsp3) is 0.0909. The normalized spacial score (nSPS) is 10.9. The van der Waals surface area contributed by atoms with E-state index < -0.39 is 10.0 Å². The number of aryl methyl sites for hydroxylation is 1.